The summed E-state index contributed by atoms with van der Waals surface area (Å²) >= 11 is 0. The lowest BCUT2D eigenvalue weighted by atomic mass is 9.94. The highest BCUT2D eigenvalue weighted by molar-refractivity contribution is 5.89. The van der Waals surface area contributed by atoms with E-state index in [1.54, 1.807) is 0 Å². The number of hydrogen-bond donors (Lipinski definition) is 1. The van der Waals surface area contributed by atoms with Crippen LogP contribution in [-0.4, -0.2) is 29.4 Å². The normalized spacial score (nSPS) is 25.9. The smallest absolute Gasteiger partial charge is 0.242 e. The van der Waals surface area contributed by atoms with Crippen molar-refractivity contribution in [1.82, 2.24) is 4.90 Å². The number of amides is 1. The van der Waals surface area contributed by atoms with E-state index in [4.69, 9.17) is 5.73 Å². The first-order chi connectivity index (χ1) is 6.63. The average Bonchev–Trinajstić information content (AvgIpc) is 2.97. The van der Waals surface area contributed by atoms with Gasteiger partial charge in [-0.3, -0.25) is 4.79 Å². The Labute approximate surface area is 85.6 Å². The number of nitrogens with zero attached hydrogens (tertiary/aromatic N) is 1. The standard InChI is InChI=1S/C11H20N2O/c1-13(9-5-3-2-4-6-9)10(14)11(12)7-8-11/h9H,2-8,12H2,1H3. The molecule has 0 spiro atoms. The van der Waals surface area contributed by atoms with Crippen LogP contribution in [0.4, 0.5) is 0 Å². The van der Waals surface area contributed by atoms with Crippen molar-refractivity contribution in [2.24, 2.45) is 5.73 Å². The Morgan fingerprint density at radius 2 is 1.86 bits per heavy atom. The predicted molar refractivity (Wildman–Crippen MR) is 55.8 cm³/mol. The van der Waals surface area contributed by atoms with E-state index in [1.807, 2.05) is 11.9 Å². The van der Waals surface area contributed by atoms with E-state index in [9.17, 15) is 4.79 Å². The largest absolute Gasteiger partial charge is 0.341 e. The summed E-state index contributed by atoms with van der Waals surface area (Å²) in [6, 6.07) is 0.456. The molecule has 0 atom stereocenters. The summed E-state index contributed by atoms with van der Waals surface area (Å²) in [5.41, 5.74) is 5.43. The van der Waals surface area contributed by atoms with Crippen LogP contribution in [0, 0.1) is 0 Å². The maximum Gasteiger partial charge on any atom is 0.242 e. The number of carbonyl (C=O) groups excluding carboxylic acids is 1. The third-order valence-electron chi connectivity index (χ3n) is 3.66. The van der Waals surface area contributed by atoms with Crippen molar-refractivity contribution in [3.63, 3.8) is 0 Å². The van der Waals surface area contributed by atoms with Gasteiger partial charge in [0.15, 0.2) is 0 Å². The fraction of sp³-hybridized carbons (Fsp3) is 0.909. The van der Waals surface area contributed by atoms with Gasteiger partial charge in [0.05, 0.1) is 5.54 Å². The van der Waals surface area contributed by atoms with Gasteiger partial charge >= 0.3 is 0 Å². The lowest BCUT2D eigenvalue weighted by molar-refractivity contribution is -0.135. The Bertz CT molecular complexity index is 229. The van der Waals surface area contributed by atoms with Crippen LogP contribution in [-0.2, 0) is 4.79 Å². The number of rotatable bonds is 2. The number of nitrogens with two attached hydrogens (primary N) is 1. The first-order valence-corrected chi connectivity index (χ1v) is 5.70. The molecule has 0 aliphatic heterocycles. The van der Waals surface area contributed by atoms with Crippen molar-refractivity contribution in [3.05, 3.63) is 0 Å². The molecule has 3 heteroatoms. The maximum atomic E-state index is 11.9. The molecule has 0 saturated heterocycles. The van der Waals surface area contributed by atoms with Crippen molar-refractivity contribution in [3.8, 4) is 0 Å². The van der Waals surface area contributed by atoms with Gasteiger partial charge in [0, 0.05) is 13.1 Å². The summed E-state index contributed by atoms with van der Waals surface area (Å²) in [4.78, 5) is 13.8. The number of likely N-dealkylation sites (N-methyl/N-ethyl adjacent to an activating group) is 1. The van der Waals surface area contributed by atoms with Crippen molar-refractivity contribution in [2.45, 2.75) is 56.5 Å². The van der Waals surface area contributed by atoms with Crippen LogP contribution in [0.1, 0.15) is 44.9 Å². The fourth-order valence-corrected chi connectivity index (χ4v) is 2.33. The van der Waals surface area contributed by atoms with Gasteiger partial charge < -0.3 is 10.6 Å². The Kier molecular flexibility index (Phi) is 2.52. The molecule has 0 aromatic heterocycles. The van der Waals surface area contributed by atoms with Gasteiger partial charge in [-0.1, -0.05) is 19.3 Å². The molecular weight excluding hydrogens is 176 g/mol. The molecule has 0 aromatic carbocycles. The highest BCUT2D eigenvalue weighted by Crippen LogP contribution is 2.35. The molecule has 3 nitrogen and oxygen atoms in total. The Morgan fingerprint density at radius 3 is 2.36 bits per heavy atom. The molecule has 1 amide bonds. The third kappa shape index (κ3) is 1.78. The maximum absolute atomic E-state index is 11.9. The predicted octanol–water partition coefficient (Wildman–Crippen LogP) is 1.27. The second kappa shape index (κ2) is 3.54. The SMILES string of the molecule is CN(C(=O)C1(N)CC1)C1CCCCC1. The minimum absolute atomic E-state index is 0.171. The molecule has 2 aliphatic carbocycles. The minimum Gasteiger partial charge on any atom is -0.341 e. The van der Waals surface area contributed by atoms with Gasteiger partial charge in [0.2, 0.25) is 5.91 Å². The lowest BCUT2D eigenvalue weighted by Crippen LogP contribution is -2.48. The van der Waals surface area contributed by atoms with E-state index in [0.29, 0.717) is 6.04 Å². The molecule has 2 saturated carbocycles. The molecule has 0 heterocycles. The van der Waals surface area contributed by atoms with Gasteiger partial charge in [-0.15, -0.1) is 0 Å². The van der Waals surface area contributed by atoms with Crippen LogP contribution in [0.5, 0.6) is 0 Å². The van der Waals surface area contributed by atoms with E-state index in [-0.39, 0.29) is 5.91 Å². The van der Waals surface area contributed by atoms with E-state index < -0.39 is 5.54 Å². The van der Waals surface area contributed by atoms with E-state index in [2.05, 4.69) is 0 Å². The fourth-order valence-electron chi connectivity index (χ4n) is 2.33. The van der Waals surface area contributed by atoms with Gasteiger partial charge in [-0.2, -0.15) is 0 Å². The average molecular weight is 196 g/mol. The Hall–Kier alpha value is -0.570. The summed E-state index contributed by atoms with van der Waals surface area (Å²) in [7, 11) is 1.92. The monoisotopic (exact) mass is 196 g/mol. The topological polar surface area (TPSA) is 46.3 Å². The van der Waals surface area contributed by atoms with Gasteiger partial charge in [-0.05, 0) is 25.7 Å². The quantitative estimate of drug-likeness (QED) is 0.723. The van der Waals surface area contributed by atoms with Crippen LogP contribution in [0.15, 0.2) is 0 Å². The first-order valence-electron chi connectivity index (χ1n) is 5.70. The molecule has 2 rings (SSSR count). The molecule has 14 heavy (non-hydrogen) atoms. The summed E-state index contributed by atoms with van der Waals surface area (Å²) < 4.78 is 0. The number of carbonyl (C=O) groups is 1. The van der Waals surface area contributed by atoms with Crippen molar-refractivity contribution in [1.29, 1.82) is 0 Å². The highest BCUT2D eigenvalue weighted by Gasteiger charge is 2.48. The Morgan fingerprint density at radius 1 is 1.29 bits per heavy atom. The van der Waals surface area contributed by atoms with Crippen molar-refractivity contribution in [2.75, 3.05) is 7.05 Å². The highest BCUT2D eigenvalue weighted by atomic mass is 16.2. The Balaban J connectivity index is 1.92. The lowest BCUT2D eigenvalue weighted by Gasteiger charge is -2.32. The van der Waals surface area contributed by atoms with Crippen LogP contribution in [0.25, 0.3) is 0 Å². The van der Waals surface area contributed by atoms with Crippen molar-refractivity contribution < 1.29 is 4.79 Å². The van der Waals surface area contributed by atoms with Crippen LogP contribution in [0.3, 0.4) is 0 Å². The molecule has 2 aliphatic rings. The summed E-state index contributed by atoms with van der Waals surface area (Å²) in [6.07, 6.45) is 7.94. The van der Waals surface area contributed by atoms with Crippen LogP contribution >= 0.6 is 0 Å². The molecule has 0 unspecified atom stereocenters. The molecule has 0 radical (unpaired) electrons. The molecule has 0 aromatic rings. The van der Waals surface area contributed by atoms with Gasteiger partial charge in [0.1, 0.15) is 0 Å². The zero-order valence-electron chi connectivity index (χ0n) is 8.96. The molecule has 2 fully saturated rings. The van der Waals surface area contributed by atoms with Crippen LogP contribution in [0.2, 0.25) is 0 Å². The van der Waals surface area contributed by atoms with Crippen molar-refractivity contribution >= 4 is 5.91 Å². The van der Waals surface area contributed by atoms with Crippen LogP contribution < -0.4 is 5.73 Å². The van der Waals surface area contributed by atoms with E-state index in [1.165, 1.54) is 32.1 Å². The third-order valence-corrected chi connectivity index (χ3v) is 3.66. The summed E-state index contributed by atoms with van der Waals surface area (Å²) in [6.45, 7) is 0. The number of hydrogen-bond acceptors (Lipinski definition) is 2. The second-order valence-electron chi connectivity index (χ2n) is 4.86. The summed E-state index contributed by atoms with van der Waals surface area (Å²) in [5.74, 6) is 0.171. The first kappa shape index (κ1) is 9.97. The molecule has 2 N–H and O–H groups in total. The molecule has 0 bridgehead atoms. The molecular formula is C11H20N2O. The zero-order chi connectivity index (χ0) is 10.2. The molecule has 80 valence electrons. The van der Waals surface area contributed by atoms with E-state index in [0.717, 1.165) is 12.8 Å². The van der Waals surface area contributed by atoms with Gasteiger partial charge in [0.25, 0.3) is 0 Å². The minimum atomic E-state index is -0.480. The van der Waals surface area contributed by atoms with E-state index >= 15 is 0 Å². The summed E-state index contributed by atoms with van der Waals surface area (Å²) in [5, 5.41) is 0. The zero-order valence-corrected chi connectivity index (χ0v) is 8.96. The second-order valence-corrected chi connectivity index (χ2v) is 4.86. The van der Waals surface area contributed by atoms with Gasteiger partial charge in [-0.25, -0.2) is 0 Å².